The Hall–Kier alpha value is -1.80. The first kappa shape index (κ1) is 11.3. The standard InChI is InChI=1S/C10H14N4O/c1-15-9-5-8-13-10(14-9)12-7-4-2-3-6-11/h5,8H,4,6-7,11H2,1H3,(H,12,13,14). The number of aromatic nitrogens is 2. The molecule has 0 aromatic carbocycles. The van der Waals surface area contributed by atoms with Gasteiger partial charge in [0.05, 0.1) is 13.7 Å². The summed E-state index contributed by atoms with van der Waals surface area (Å²) in [6.45, 7) is 1.09. The van der Waals surface area contributed by atoms with Gasteiger partial charge in [0.25, 0.3) is 0 Å². The summed E-state index contributed by atoms with van der Waals surface area (Å²) in [5.41, 5.74) is 5.22. The smallest absolute Gasteiger partial charge is 0.225 e. The molecule has 1 heterocycles. The largest absolute Gasteiger partial charge is 0.481 e. The summed E-state index contributed by atoms with van der Waals surface area (Å²) in [4.78, 5) is 8.12. The van der Waals surface area contributed by atoms with Gasteiger partial charge < -0.3 is 15.8 Å². The van der Waals surface area contributed by atoms with Crippen LogP contribution in [0.5, 0.6) is 5.88 Å². The quantitative estimate of drug-likeness (QED) is 0.545. The summed E-state index contributed by atoms with van der Waals surface area (Å²) in [6.07, 6.45) is 2.36. The molecule has 0 radical (unpaired) electrons. The van der Waals surface area contributed by atoms with Crippen molar-refractivity contribution in [1.29, 1.82) is 0 Å². The Morgan fingerprint density at radius 1 is 1.53 bits per heavy atom. The second-order valence-electron chi connectivity index (χ2n) is 2.66. The summed E-state index contributed by atoms with van der Waals surface area (Å²) < 4.78 is 4.96. The number of methoxy groups -OCH3 is 1. The van der Waals surface area contributed by atoms with E-state index in [1.54, 1.807) is 19.4 Å². The molecular weight excluding hydrogens is 192 g/mol. The number of nitrogens with one attached hydrogen (secondary N) is 1. The van der Waals surface area contributed by atoms with Crippen LogP contribution in [0, 0.1) is 11.8 Å². The third kappa shape index (κ3) is 4.29. The first-order chi connectivity index (χ1) is 7.36. The highest BCUT2D eigenvalue weighted by atomic mass is 16.5. The lowest BCUT2D eigenvalue weighted by Gasteiger charge is -2.03. The molecule has 0 bridgehead atoms. The number of hydrogen-bond acceptors (Lipinski definition) is 5. The van der Waals surface area contributed by atoms with E-state index in [1.165, 1.54) is 0 Å². The zero-order chi connectivity index (χ0) is 10.9. The number of hydrogen-bond donors (Lipinski definition) is 2. The minimum Gasteiger partial charge on any atom is -0.481 e. The van der Waals surface area contributed by atoms with E-state index in [9.17, 15) is 0 Å². The molecule has 1 aromatic rings. The maximum absolute atomic E-state index is 5.22. The molecule has 5 nitrogen and oxygen atoms in total. The monoisotopic (exact) mass is 206 g/mol. The van der Waals surface area contributed by atoms with Gasteiger partial charge in [0.1, 0.15) is 0 Å². The third-order valence-corrected chi connectivity index (χ3v) is 1.60. The van der Waals surface area contributed by atoms with E-state index >= 15 is 0 Å². The van der Waals surface area contributed by atoms with Crippen molar-refractivity contribution in [3.8, 4) is 17.7 Å². The molecule has 3 N–H and O–H groups in total. The van der Waals surface area contributed by atoms with Gasteiger partial charge in [-0.15, -0.1) is 5.92 Å². The van der Waals surface area contributed by atoms with E-state index in [2.05, 4.69) is 27.1 Å². The van der Waals surface area contributed by atoms with Crippen molar-refractivity contribution in [3.05, 3.63) is 12.3 Å². The van der Waals surface area contributed by atoms with Crippen LogP contribution in [0.2, 0.25) is 0 Å². The maximum Gasteiger partial charge on any atom is 0.225 e. The first-order valence-corrected chi connectivity index (χ1v) is 4.63. The molecule has 0 aliphatic carbocycles. The summed E-state index contributed by atoms with van der Waals surface area (Å²) >= 11 is 0. The molecule has 15 heavy (non-hydrogen) atoms. The summed E-state index contributed by atoms with van der Waals surface area (Å²) in [7, 11) is 1.57. The molecule has 0 saturated heterocycles. The molecule has 0 aliphatic rings. The normalized spacial score (nSPS) is 8.93. The minimum atomic E-state index is 0.398. The van der Waals surface area contributed by atoms with Crippen LogP contribution in [0.3, 0.4) is 0 Å². The molecule has 0 amide bonds. The van der Waals surface area contributed by atoms with Crippen LogP contribution in [0.4, 0.5) is 5.95 Å². The average molecular weight is 206 g/mol. The van der Waals surface area contributed by atoms with Crippen LogP contribution in [0.25, 0.3) is 0 Å². The molecule has 0 spiro atoms. The average Bonchev–Trinajstić information content (AvgIpc) is 2.29. The summed E-state index contributed by atoms with van der Waals surface area (Å²) in [5.74, 6) is 6.78. The fourth-order valence-corrected chi connectivity index (χ4v) is 0.938. The Kier molecular flexibility index (Phi) is 4.98. The van der Waals surface area contributed by atoms with Gasteiger partial charge in [-0.25, -0.2) is 4.98 Å². The van der Waals surface area contributed by atoms with Crippen LogP contribution in [-0.2, 0) is 0 Å². The molecule has 0 saturated carbocycles. The van der Waals surface area contributed by atoms with Gasteiger partial charge in [0, 0.05) is 25.2 Å². The molecule has 0 unspecified atom stereocenters. The summed E-state index contributed by atoms with van der Waals surface area (Å²) in [6, 6.07) is 1.69. The molecular formula is C10H14N4O. The molecule has 0 fully saturated rings. The van der Waals surface area contributed by atoms with Crippen molar-refractivity contribution in [2.45, 2.75) is 6.42 Å². The van der Waals surface area contributed by atoms with Crippen LogP contribution in [0.15, 0.2) is 12.3 Å². The molecule has 1 rings (SSSR count). The fraction of sp³-hybridized carbons (Fsp3) is 0.400. The predicted octanol–water partition coefficient (Wildman–Crippen LogP) is 0.249. The van der Waals surface area contributed by atoms with E-state index in [4.69, 9.17) is 10.5 Å². The second kappa shape index (κ2) is 6.62. The molecule has 1 aromatic heterocycles. The van der Waals surface area contributed by atoms with Gasteiger partial charge in [-0.05, 0) is 0 Å². The molecule has 0 atom stereocenters. The molecule has 5 heteroatoms. The van der Waals surface area contributed by atoms with Gasteiger partial charge in [-0.3, -0.25) is 0 Å². The van der Waals surface area contributed by atoms with Crippen LogP contribution >= 0.6 is 0 Å². The lowest BCUT2D eigenvalue weighted by Crippen LogP contribution is -2.05. The fourth-order valence-electron chi connectivity index (χ4n) is 0.938. The zero-order valence-electron chi connectivity index (χ0n) is 8.66. The van der Waals surface area contributed by atoms with Gasteiger partial charge in [0.15, 0.2) is 0 Å². The highest BCUT2D eigenvalue weighted by molar-refractivity contribution is 5.27. The van der Waals surface area contributed by atoms with Gasteiger partial charge >= 0.3 is 0 Å². The minimum absolute atomic E-state index is 0.398. The Bertz CT molecular complexity index is 356. The highest BCUT2D eigenvalue weighted by Gasteiger charge is 1.96. The zero-order valence-corrected chi connectivity index (χ0v) is 8.66. The second-order valence-corrected chi connectivity index (χ2v) is 2.66. The maximum atomic E-state index is 5.22. The number of anilines is 1. The van der Waals surface area contributed by atoms with Gasteiger partial charge in [0.2, 0.25) is 11.8 Å². The van der Waals surface area contributed by atoms with E-state index < -0.39 is 0 Å². The van der Waals surface area contributed by atoms with E-state index in [-0.39, 0.29) is 0 Å². The Balaban J connectivity index is 2.37. The van der Waals surface area contributed by atoms with Crippen molar-refractivity contribution >= 4 is 5.95 Å². The number of ether oxygens (including phenoxy) is 1. The topological polar surface area (TPSA) is 73.1 Å². The van der Waals surface area contributed by atoms with Crippen LogP contribution in [0.1, 0.15) is 6.42 Å². The number of rotatable bonds is 4. The summed E-state index contributed by atoms with van der Waals surface area (Å²) in [5, 5.41) is 3.03. The highest BCUT2D eigenvalue weighted by Crippen LogP contribution is 2.06. The molecule has 80 valence electrons. The Labute approximate surface area is 89.1 Å². The SMILES string of the molecule is COc1ccnc(NCCC#CCN)n1. The van der Waals surface area contributed by atoms with E-state index in [0.29, 0.717) is 24.9 Å². The third-order valence-electron chi connectivity index (χ3n) is 1.60. The van der Waals surface area contributed by atoms with E-state index in [0.717, 1.165) is 6.42 Å². The van der Waals surface area contributed by atoms with Crippen molar-refractivity contribution in [2.24, 2.45) is 5.73 Å². The lowest BCUT2D eigenvalue weighted by atomic mass is 10.4. The van der Waals surface area contributed by atoms with Crippen molar-refractivity contribution in [1.82, 2.24) is 9.97 Å². The van der Waals surface area contributed by atoms with Gasteiger partial charge in [-0.1, -0.05) is 5.92 Å². The lowest BCUT2D eigenvalue weighted by molar-refractivity contribution is 0.397. The van der Waals surface area contributed by atoms with Crippen molar-refractivity contribution < 1.29 is 4.74 Å². The first-order valence-electron chi connectivity index (χ1n) is 4.63. The van der Waals surface area contributed by atoms with Crippen molar-refractivity contribution in [2.75, 3.05) is 25.5 Å². The van der Waals surface area contributed by atoms with Crippen LogP contribution < -0.4 is 15.8 Å². The van der Waals surface area contributed by atoms with Crippen molar-refractivity contribution in [3.63, 3.8) is 0 Å². The Morgan fingerprint density at radius 2 is 2.40 bits per heavy atom. The van der Waals surface area contributed by atoms with Crippen LogP contribution in [-0.4, -0.2) is 30.2 Å². The molecule has 0 aliphatic heterocycles. The number of nitrogens with two attached hydrogens (primary N) is 1. The predicted molar refractivity (Wildman–Crippen MR) is 58.5 cm³/mol. The Morgan fingerprint density at radius 3 is 3.13 bits per heavy atom. The van der Waals surface area contributed by atoms with E-state index in [1.807, 2.05) is 0 Å². The van der Waals surface area contributed by atoms with Gasteiger partial charge in [-0.2, -0.15) is 4.98 Å². The number of nitrogens with zero attached hydrogens (tertiary/aromatic N) is 2.